The van der Waals surface area contributed by atoms with Gasteiger partial charge in [0.25, 0.3) is 0 Å². The van der Waals surface area contributed by atoms with E-state index in [-0.39, 0.29) is 5.60 Å². The first-order valence-electron chi connectivity index (χ1n) is 5.91. The summed E-state index contributed by atoms with van der Waals surface area (Å²) in [5.74, 6) is 0.804. The van der Waals surface area contributed by atoms with E-state index in [1.54, 1.807) is 6.20 Å². The molecule has 1 aromatic rings. The largest absolute Gasteiger partial charge is 0.367 e. The number of hydrogen-bond acceptors (Lipinski definition) is 4. The molecular weight excluding hydrogens is 202 g/mol. The van der Waals surface area contributed by atoms with E-state index in [0.717, 1.165) is 37.4 Å². The number of ether oxygens (including phenoxy) is 1. The van der Waals surface area contributed by atoms with Crippen LogP contribution in [0.4, 0.5) is 0 Å². The average molecular weight is 221 g/mol. The fourth-order valence-electron chi connectivity index (χ4n) is 2.05. The quantitative estimate of drug-likeness (QED) is 0.838. The van der Waals surface area contributed by atoms with Crippen LogP contribution in [0.2, 0.25) is 0 Å². The monoisotopic (exact) mass is 221 g/mol. The minimum absolute atomic E-state index is 0.303. The summed E-state index contributed by atoms with van der Waals surface area (Å²) < 4.78 is 5.83. The van der Waals surface area contributed by atoms with Crippen LogP contribution in [0.1, 0.15) is 37.7 Å². The number of nitrogens with two attached hydrogens (primary N) is 1. The maximum Gasteiger partial charge on any atom is 0.160 e. The maximum atomic E-state index is 5.83. The molecule has 0 spiro atoms. The van der Waals surface area contributed by atoms with Gasteiger partial charge in [0, 0.05) is 24.9 Å². The Balaban J connectivity index is 2.21. The van der Waals surface area contributed by atoms with Crippen molar-refractivity contribution in [2.75, 3.05) is 13.2 Å². The third kappa shape index (κ3) is 2.39. The molecule has 0 saturated carbocycles. The fourth-order valence-corrected chi connectivity index (χ4v) is 2.05. The van der Waals surface area contributed by atoms with Crippen LogP contribution in [0.3, 0.4) is 0 Å². The lowest BCUT2D eigenvalue weighted by Gasteiger charge is -2.32. The number of nitrogens with zero attached hydrogens (tertiary/aromatic N) is 2. The van der Waals surface area contributed by atoms with Crippen LogP contribution in [0.5, 0.6) is 0 Å². The molecule has 2 heterocycles. The van der Waals surface area contributed by atoms with Gasteiger partial charge >= 0.3 is 0 Å². The minimum Gasteiger partial charge on any atom is -0.367 e. The smallest absolute Gasteiger partial charge is 0.160 e. The molecule has 1 unspecified atom stereocenters. The van der Waals surface area contributed by atoms with E-state index >= 15 is 0 Å². The lowest BCUT2D eigenvalue weighted by molar-refractivity contribution is -0.0761. The van der Waals surface area contributed by atoms with Gasteiger partial charge in [-0.1, -0.05) is 0 Å². The van der Waals surface area contributed by atoms with Gasteiger partial charge in [-0.2, -0.15) is 0 Å². The van der Waals surface area contributed by atoms with Gasteiger partial charge in [-0.15, -0.1) is 0 Å². The molecule has 88 valence electrons. The Bertz CT molecular complexity index is 348. The van der Waals surface area contributed by atoms with Crippen LogP contribution in [0.25, 0.3) is 0 Å². The molecule has 0 radical (unpaired) electrons. The normalized spacial score (nSPS) is 25.6. The summed E-state index contributed by atoms with van der Waals surface area (Å²) in [7, 11) is 0. The summed E-state index contributed by atoms with van der Waals surface area (Å²) in [6.45, 7) is 3.50. The molecule has 1 fully saturated rings. The van der Waals surface area contributed by atoms with Gasteiger partial charge in [0.05, 0.1) is 0 Å². The predicted molar refractivity (Wildman–Crippen MR) is 61.9 cm³/mol. The molecule has 1 atom stereocenters. The third-order valence-electron chi connectivity index (χ3n) is 3.06. The maximum absolute atomic E-state index is 5.83. The number of aromatic nitrogens is 2. The van der Waals surface area contributed by atoms with Gasteiger partial charge in [-0.3, -0.25) is 0 Å². The molecular formula is C12H19N3O. The van der Waals surface area contributed by atoms with Crippen molar-refractivity contribution in [3.05, 3.63) is 23.8 Å². The second kappa shape index (κ2) is 4.89. The fraction of sp³-hybridized carbons (Fsp3) is 0.667. The van der Waals surface area contributed by atoms with E-state index in [4.69, 9.17) is 10.5 Å². The molecule has 1 aliphatic heterocycles. The van der Waals surface area contributed by atoms with Crippen molar-refractivity contribution < 1.29 is 4.74 Å². The molecule has 0 amide bonds. The third-order valence-corrected chi connectivity index (χ3v) is 3.06. The average Bonchev–Trinajstić information content (AvgIpc) is 2.31. The topological polar surface area (TPSA) is 61.0 Å². The lowest BCUT2D eigenvalue weighted by Crippen LogP contribution is -2.32. The molecule has 0 aromatic carbocycles. The van der Waals surface area contributed by atoms with Crippen molar-refractivity contribution in [1.82, 2.24) is 9.97 Å². The van der Waals surface area contributed by atoms with Crippen molar-refractivity contribution in [2.45, 2.75) is 38.2 Å². The van der Waals surface area contributed by atoms with E-state index in [2.05, 4.69) is 16.9 Å². The molecule has 1 aromatic heterocycles. The van der Waals surface area contributed by atoms with Crippen LogP contribution in [-0.4, -0.2) is 23.1 Å². The SMILES string of the molecule is CC1(c2nccc(CCN)n2)CCCCO1. The van der Waals surface area contributed by atoms with Crippen molar-refractivity contribution in [3.8, 4) is 0 Å². The van der Waals surface area contributed by atoms with Crippen LogP contribution in [0.15, 0.2) is 12.3 Å². The minimum atomic E-state index is -0.303. The summed E-state index contributed by atoms with van der Waals surface area (Å²) in [5, 5.41) is 0. The second-order valence-corrected chi connectivity index (χ2v) is 4.45. The summed E-state index contributed by atoms with van der Waals surface area (Å²) in [4.78, 5) is 8.88. The van der Waals surface area contributed by atoms with E-state index in [9.17, 15) is 0 Å². The van der Waals surface area contributed by atoms with E-state index in [0.29, 0.717) is 6.54 Å². The molecule has 4 heteroatoms. The van der Waals surface area contributed by atoms with Crippen LogP contribution in [0, 0.1) is 0 Å². The molecule has 2 N–H and O–H groups in total. The van der Waals surface area contributed by atoms with Gasteiger partial charge < -0.3 is 10.5 Å². The highest BCUT2D eigenvalue weighted by atomic mass is 16.5. The first kappa shape index (κ1) is 11.5. The zero-order chi connectivity index (χ0) is 11.4. The number of hydrogen-bond donors (Lipinski definition) is 1. The molecule has 1 aliphatic rings. The summed E-state index contributed by atoms with van der Waals surface area (Å²) >= 11 is 0. The van der Waals surface area contributed by atoms with E-state index < -0.39 is 0 Å². The Morgan fingerprint density at radius 3 is 3.06 bits per heavy atom. The van der Waals surface area contributed by atoms with E-state index in [1.807, 2.05) is 6.07 Å². The van der Waals surface area contributed by atoms with Crippen molar-refractivity contribution >= 4 is 0 Å². The molecule has 4 nitrogen and oxygen atoms in total. The van der Waals surface area contributed by atoms with Crippen LogP contribution < -0.4 is 5.73 Å². The molecule has 1 saturated heterocycles. The standard InChI is InChI=1S/C12H19N3O/c1-12(6-2-3-9-16-12)11-14-8-5-10(15-11)4-7-13/h5,8H,2-4,6-7,9,13H2,1H3. The first-order chi connectivity index (χ1) is 7.74. The summed E-state index contributed by atoms with van der Waals surface area (Å²) in [6, 6.07) is 1.92. The first-order valence-corrected chi connectivity index (χ1v) is 5.91. The Hall–Kier alpha value is -1.00. The highest BCUT2D eigenvalue weighted by molar-refractivity contribution is 5.08. The van der Waals surface area contributed by atoms with Gasteiger partial charge in [0.15, 0.2) is 5.82 Å². The Labute approximate surface area is 96.2 Å². The molecule has 16 heavy (non-hydrogen) atoms. The van der Waals surface area contributed by atoms with Crippen molar-refractivity contribution in [1.29, 1.82) is 0 Å². The lowest BCUT2D eigenvalue weighted by atomic mass is 9.95. The molecule has 0 aliphatic carbocycles. The van der Waals surface area contributed by atoms with Crippen molar-refractivity contribution in [3.63, 3.8) is 0 Å². The molecule has 2 rings (SSSR count). The van der Waals surface area contributed by atoms with Crippen LogP contribution in [-0.2, 0) is 16.8 Å². The van der Waals surface area contributed by atoms with E-state index in [1.165, 1.54) is 6.42 Å². The predicted octanol–water partition coefficient (Wildman–Crippen LogP) is 1.39. The summed E-state index contributed by atoms with van der Waals surface area (Å²) in [6.07, 6.45) is 5.92. The number of rotatable bonds is 3. The molecule has 0 bridgehead atoms. The summed E-state index contributed by atoms with van der Waals surface area (Å²) in [5.41, 5.74) is 6.23. The van der Waals surface area contributed by atoms with Gasteiger partial charge in [-0.25, -0.2) is 9.97 Å². The second-order valence-electron chi connectivity index (χ2n) is 4.45. The van der Waals surface area contributed by atoms with Gasteiger partial charge in [-0.05, 0) is 38.8 Å². The van der Waals surface area contributed by atoms with Crippen molar-refractivity contribution in [2.24, 2.45) is 5.73 Å². The Morgan fingerprint density at radius 2 is 2.38 bits per heavy atom. The zero-order valence-corrected chi connectivity index (χ0v) is 9.78. The Morgan fingerprint density at radius 1 is 1.50 bits per heavy atom. The van der Waals surface area contributed by atoms with Gasteiger partial charge in [0.2, 0.25) is 0 Å². The van der Waals surface area contributed by atoms with Gasteiger partial charge in [0.1, 0.15) is 5.60 Å². The highest BCUT2D eigenvalue weighted by Crippen LogP contribution is 2.32. The van der Waals surface area contributed by atoms with Crippen LogP contribution >= 0.6 is 0 Å². The highest BCUT2D eigenvalue weighted by Gasteiger charge is 2.32. The Kier molecular flexibility index (Phi) is 3.51. The zero-order valence-electron chi connectivity index (χ0n) is 9.78.